The second-order valence-electron chi connectivity index (χ2n) is 5.69. The van der Waals surface area contributed by atoms with Gasteiger partial charge in [-0.2, -0.15) is 0 Å². The smallest absolute Gasteiger partial charge is 0.234 e. The predicted octanol–water partition coefficient (Wildman–Crippen LogP) is 3.10. The molecule has 3 N–H and O–H groups in total. The van der Waals surface area contributed by atoms with E-state index in [0.29, 0.717) is 10.8 Å². The average Bonchev–Trinajstić information content (AvgIpc) is 2.94. The summed E-state index contributed by atoms with van der Waals surface area (Å²) in [7, 11) is 1.88. The molecule has 0 unspecified atom stereocenters. The van der Waals surface area contributed by atoms with Crippen LogP contribution in [0, 0.1) is 6.92 Å². The van der Waals surface area contributed by atoms with E-state index in [1.807, 2.05) is 67.1 Å². The van der Waals surface area contributed by atoms with Crippen LogP contribution in [-0.2, 0) is 11.8 Å². The van der Waals surface area contributed by atoms with Crippen molar-refractivity contribution in [1.29, 1.82) is 0 Å². The van der Waals surface area contributed by atoms with Crippen LogP contribution >= 0.6 is 11.8 Å². The number of rotatable bonds is 5. The van der Waals surface area contributed by atoms with Crippen LogP contribution in [0.15, 0.2) is 53.7 Å². The van der Waals surface area contributed by atoms with Gasteiger partial charge in [-0.05, 0) is 48.9 Å². The van der Waals surface area contributed by atoms with Crippen LogP contribution in [0.2, 0.25) is 0 Å². The van der Waals surface area contributed by atoms with Gasteiger partial charge in [0.1, 0.15) is 0 Å². The van der Waals surface area contributed by atoms with Crippen LogP contribution in [-0.4, -0.2) is 26.4 Å². The first-order chi connectivity index (χ1) is 12.0. The number of aryl methyl sites for hydroxylation is 1. The van der Waals surface area contributed by atoms with E-state index in [-0.39, 0.29) is 11.7 Å². The maximum Gasteiger partial charge on any atom is 0.234 e. The fourth-order valence-electron chi connectivity index (χ4n) is 2.37. The molecule has 0 atom stereocenters. The molecule has 0 radical (unpaired) electrons. The molecule has 3 rings (SSSR count). The van der Waals surface area contributed by atoms with Crippen molar-refractivity contribution in [3.05, 3.63) is 54.1 Å². The number of carbonyl (C=O) groups is 1. The minimum absolute atomic E-state index is 0.0763. The highest BCUT2D eigenvalue weighted by Gasteiger charge is 2.13. The molecule has 2 aromatic carbocycles. The van der Waals surface area contributed by atoms with Crippen molar-refractivity contribution >= 4 is 29.0 Å². The van der Waals surface area contributed by atoms with E-state index in [0.717, 1.165) is 22.6 Å². The first-order valence-electron chi connectivity index (χ1n) is 7.77. The van der Waals surface area contributed by atoms with Gasteiger partial charge in [0.25, 0.3) is 0 Å². The lowest BCUT2D eigenvalue weighted by atomic mass is 10.2. The molecular weight excluding hydrogens is 334 g/mol. The Kier molecular flexibility index (Phi) is 5.04. The first kappa shape index (κ1) is 17.0. The Morgan fingerprint density at radius 2 is 1.96 bits per heavy atom. The molecule has 7 heteroatoms. The number of nitrogen functional groups attached to an aromatic ring is 1. The van der Waals surface area contributed by atoms with Gasteiger partial charge in [0.05, 0.1) is 5.75 Å². The zero-order valence-electron chi connectivity index (χ0n) is 14.1. The molecule has 0 aliphatic heterocycles. The Morgan fingerprint density at radius 1 is 1.20 bits per heavy atom. The van der Waals surface area contributed by atoms with Gasteiger partial charge in [0.2, 0.25) is 5.91 Å². The highest BCUT2D eigenvalue weighted by molar-refractivity contribution is 7.99. The molecule has 25 heavy (non-hydrogen) atoms. The van der Waals surface area contributed by atoms with Gasteiger partial charge in [0.15, 0.2) is 11.0 Å². The molecule has 1 aromatic heterocycles. The lowest BCUT2D eigenvalue weighted by molar-refractivity contribution is -0.113. The van der Waals surface area contributed by atoms with E-state index < -0.39 is 0 Å². The number of hydrogen-bond donors (Lipinski definition) is 2. The molecule has 0 aliphatic carbocycles. The molecule has 0 aliphatic rings. The second-order valence-corrected chi connectivity index (χ2v) is 6.64. The van der Waals surface area contributed by atoms with Crippen molar-refractivity contribution < 1.29 is 4.79 Å². The van der Waals surface area contributed by atoms with E-state index >= 15 is 0 Å². The highest BCUT2D eigenvalue weighted by Crippen LogP contribution is 2.23. The fraction of sp³-hybridized carbons (Fsp3) is 0.167. The summed E-state index contributed by atoms with van der Waals surface area (Å²) in [4.78, 5) is 12.1. The molecule has 0 fully saturated rings. The second kappa shape index (κ2) is 7.40. The van der Waals surface area contributed by atoms with Crippen molar-refractivity contribution in [3.63, 3.8) is 0 Å². The highest BCUT2D eigenvalue weighted by atomic mass is 32.2. The van der Waals surface area contributed by atoms with Crippen molar-refractivity contribution in [3.8, 4) is 11.4 Å². The Morgan fingerprint density at radius 3 is 2.68 bits per heavy atom. The third-order valence-corrected chi connectivity index (χ3v) is 4.66. The van der Waals surface area contributed by atoms with Gasteiger partial charge >= 0.3 is 0 Å². The number of aromatic nitrogens is 3. The predicted molar refractivity (Wildman–Crippen MR) is 101 cm³/mol. The maximum atomic E-state index is 12.1. The number of hydrogen-bond acceptors (Lipinski definition) is 5. The van der Waals surface area contributed by atoms with Crippen LogP contribution in [0.1, 0.15) is 5.56 Å². The van der Waals surface area contributed by atoms with Gasteiger partial charge < -0.3 is 15.6 Å². The SMILES string of the molecule is Cc1cccc(NC(=O)CSc2nnc(-c3ccc(N)cc3)n2C)c1. The third kappa shape index (κ3) is 4.19. The van der Waals surface area contributed by atoms with E-state index in [2.05, 4.69) is 15.5 Å². The minimum atomic E-state index is -0.0763. The summed E-state index contributed by atoms with van der Waals surface area (Å²) in [5, 5.41) is 12.0. The normalized spacial score (nSPS) is 10.6. The summed E-state index contributed by atoms with van der Waals surface area (Å²) in [5.74, 6) is 0.927. The summed E-state index contributed by atoms with van der Waals surface area (Å²) in [5.41, 5.74) is 9.24. The van der Waals surface area contributed by atoms with Crippen molar-refractivity contribution in [2.24, 2.45) is 7.05 Å². The van der Waals surface area contributed by atoms with E-state index in [9.17, 15) is 4.79 Å². The van der Waals surface area contributed by atoms with Crippen LogP contribution in [0.4, 0.5) is 11.4 Å². The monoisotopic (exact) mass is 353 g/mol. The van der Waals surface area contributed by atoms with Gasteiger partial charge in [-0.3, -0.25) is 4.79 Å². The van der Waals surface area contributed by atoms with Gasteiger partial charge in [-0.1, -0.05) is 23.9 Å². The molecule has 0 saturated heterocycles. The van der Waals surface area contributed by atoms with Crippen LogP contribution in [0.3, 0.4) is 0 Å². The molecule has 3 aromatic rings. The number of nitrogens with two attached hydrogens (primary N) is 1. The molecule has 1 amide bonds. The van der Waals surface area contributed by atoms with Crippen LogP contribution in [0.25, 0.3) is 11.4 Å². The Labute approximate surface area is 150 Å². The van der Waals surface area contributed by atoms with Gasteiger partial charge in [-0.25, -0.2) is 0 Å². The van der Waals surface area contributed by atoms with E-state index in [1.54, 1.807) is 0 Å². The Hall–Kier alpha value is -2.80. The number of benzene rings is 2. The Bertz CT molecular complexity index is 889. The molecule has 0 saturated carbocycles. The number of thioether (sulfide) groups is 1. The quantitative estimate of drug-likeness (QED) is 0.544. The summed E-state index contributed by atoms with van der Waals surface area (Å²) >= 11 is 1.35. The molecule has 1 heterocycles. The minimum Gasteiger partial charge on any atom is -0.399 e. The van der Waals surface area contributed by atoms with E-state index in [1.165, 1.54) is 11.8 Å². The first-order valence-corrected chi connectivity index (χ1v) is 8.76. The Balaban J connectivity index is 1.64. The van der Waals surface area contributed by atoms with Crippen molar-refractivity contribution in [1.82, 2.24) is 14.8 Å². The van der Waals surface area contributed by atoms with Crippen molar-refractivity contribution in [2.75, 3.05) is 16.8 Å². The summed E-state index contributed by atoms with van der Waals surface area (Å²) in [6.07, 6.45) is 0. The zero-order chi connectivity index (χ0) is 17.8. The summed E-state index contributed by atoms with van der Waals surface area (Å²) in [6, 6.07) is 15.2. The summed E-state index contributed by atoms with van der Waals surface area (Å²) in [6.45, 7) is 1.99. The lowest BCUT2D eigenvalue weighted by Gasteiger charge is -2.06. The number of amides is 1. The molecule has 6 nitrogen and oxygen atoms in total. The van der Waals surface area contributed by atoms with Crippen LogP contribution < -0.4 is 11.1 Å². The lowest BCUT2D eigenvalue weighted by Crippen LogP contribution is -2.14. The van der Waals surface area contributed by atoms with E-state index in [4.69, 9.17) is 5.73 Å². The van der Waals surface area contributed by atoms with Crippen LogP contribution in [0.5, 0.6) is 0 Å². The number of anilines is 2. The number of carbonyl (C=O) groups excluding carboxylic acids is 1. The average molecular weight is 353 g/mol. The summed E-state index contributed by atoms with van der Waals surface area (Å²) < 4.78 is 1.87. The molecule has 128 valence electrons. The molecule has 0 bridgehead atoms. The molecule has 0 spiro atoms. The van der Waals surface area contributed by atoms with Crippen molar-refractivity contribution in [2.45, 2.75) is 12.1 Å². The topological polar surface area (TPSA) is 85.8 Å². The number of nitrogens with one attached hydrogen (secondary N) is 1. The third-order valence-electron chi connectivity index (χ3n) is 3.64. The zero-order valence-corrected chi connectivity index (χ0v) is 14.9. The largest absolute Gasteiger partial charge is 0.399 e. The maximum absolute atomic E-state index is 12.1. The molecular formula is C18H19N5OS. The standard InChI is InChI=1S/C18H19N5OS/c1-12-4-3-5-15(10-12)20-16(24)11-25-18-22-21-17(23(18)2)13-6-8-14(19)9-7-13/h3-10H,11,19H2,1-2H3,(H,20,24). The fourth-order valence-corrected chi connectivity index (χ4v) is 3.09. The van der Waals surface area contributed by atoms with Gasteiger partial charge in [-0.15, -0.1) is 10.2 Å². The number of nitrogens with zero attached hydrogens (tertiary/aromatic N) is 3. The van der Waals surface area contributed by atoms with Gasteiger partial charge in [0, 0.05) is 24.0 Å².